The Bertz CT molecular complexity index is 376. The number of likely N-dealkylation sites (tertiary alicyclic amines) is 2. The predicted molar refractivity (Wildman–Crippen MR) is 70.3 cm³/mol. The Balaban J connectivity index is 1.99. The van der Waals surface area contributed by atoms with Crippen molar-refractivity contribution >= 4 is 12.0 Å². The number of carboxylic acid groups (broad SMARTS) is 1. The average molecular weight is 286 g/mol. The fraction of sp³-hybridized carbons (Fsp3) is 0.846. The van der Waals surface area contributed by atoms with Crippen molar-refractivity contribution < 1.29 is 24.5 Å². The molecule has 0 bridgehead atoms. The van der Waals surface area contributed by atoms with E-state index in [-0.39, 0.29) is 18.7 Å². The molecular weight excluding hydrogens is 264 g/mol. The predicted octanol–water partition coefficient (Wildman–Crippen LogP) is -0.0154. The monoisotopic (exact) mass is 286 g/mol. The SMILES string of the molecule is COC1CC(C(=O)O)N(C(=O)N2CCC(CCO)C2)C1. The maximum absolute atomic E-state index is 12.4. The van der Waals surface area contributed by atoms with Crippen LogP contribution in [-0.2, 0) is 9.53 Å². The van der Waals surface area contributed by atoms with Gasteiger partial charge in [0.05, 0.1) is 6.10 Å². The fourth-order valence-electron chi connectivity index (χ4n) is 3.02. The number of aliphatic hydroxyl groups is 1. The summed E-state index contributed by atoms with van der Waals surface area (Å²) >= 11 is 0. The Labute approximate surface area is 118 Å². The summed E-state index contributed by atoms with van der Waals surface area (Å²) in [6.45, 7) is 1.68. The number of hydrogen-bond donors (Lipinski definition) is 2. The summed E-state index contributed by atoms with van der Waals surface area (Å²) in [5.41, 5.74) is 0. The number of carbonyl (C=O) groups is 2. The average Bonchev–Trinajstić information content (AvgIpc) is 3.04. The van der Waals surface area contributed by atoms with Crippen LogP contribution >= 0.6 is 0 Å². The van der Waals surface area contributed by atoms with Gasteiger partial charge in [-0.25, -0.2) is 9.59 Å². The number of methoxy groups -OCH3 is 1. The van der Waals surface area contributed by atoms with E-state index in [1.165, 1.54) is 12.0 Å². The summed E-state index contributed by atoms with van der Waals surface area (Å²) < 4.78 is 5.19. The Kier molecular flexibility index (Phi) is 4.82. The maximum atomic E-state index is 12.4. The van der Waals surface area contributed by atoms with Crippen LogP contribution in [0.5, 0.6) is 0 Å². The Morgan fingerprint density at radius 3 is 2.70 bits per heavy atom. The topological polar surface area (TPSA) is 90.3 Å². The van der Waals surface area contributed by atoms with Crippen molar-refractivity contribution in [1.29, 1.82) is 0 Å². The Hall–Kier alpha value is -1.34. The lowest BCUT2D eigenvalue weighted by Crippen LogP contribution is -2.47. The third-order valence-corrected chi connectivity index (χ3v) is 4.22. The van der Waals surface area contributed by atoms with E-state index in [1.807, 2.05) is 0 Å². The van der Waals surface area contributed by atoms with Crippen molar-refractivity contribution in [3.63, 3.8) is 0 Å². The van der Waals surface area contributed by atoms with Crippen molar-refractivity contribution in [3.05, 3.63) is 0 Å². The van der Waals surface area contributed by atoms with Gasteiger partial charge in [-0.15, -0.1) is 0 Å². The second-order valence-electron chi connectivity index (χ2n) is 5.50. The van der Waals surface area contributed by atoms with E-state index >= 15 is 0 Å². The molecule has 2 N–H and O–H groups in total. The fourth-order valence-corrected chi connectivity index (χ4v) is 3.02. The molecule has 0 saturated carbocycles. The summed E-state index contributed by atoms with van der Waals surface area (Å²) in [5.74, 6) is -0.669. The highest BCUT2D eigenvalue weighted by atomic mass is 16.5. The molecule has 0 aromatic rings. The van der Waals surface area contributed by atoms with Gasteiger partial charge in [0.25, 0.3) is 0 Å². The van der Waals surface area contributed by atoms with E-state index < -0.39 is 12.0 Å². The minimum absolute atomic E-state index is 0.125. The van der Waals surface area contributed by atoms with Gasteiger partial charge in [0.15, 0.2) is 0 Å². The van der Waals surface area contributed by atoms with Gasteiger partial charge in [-0.2, -0.15) is 0 Å². The van der Waals surface area contributed by atoms with Crippen LogP contribution in [0.3, 0.4) is 0 Å². The van der Waals surface area contributed by atoms with Gasteiger partial charge in [0.1, 0.15) is 6.04 Å². The molecule has 114 valence electrons. The number of carboxylic acids is 1. The Morgan fingerprint density at radius 2 is 2.10 bits per heavy atom. The van der Waals surface area contributed by atoms with Crippen molar-refractivity contribution in [2.75, 3.05) is 33.4 Å². The van der Waals surface area contributed by atoms with Gasteiger partial charge in [-0.3, -0.25) is 0 Å². The van der Waals surface area contributed by atoms with E-state index in [0.717, 1.165) is 6.42 Å². The van der Waals surface area contributed by atoms with Crippen LogP contribution in [0.25, 0.3) is 0 Å². The van der Waals surface area contributed by atoms with Gasteiger partial charge >= 0.3 is 12.0 Å². The molecule has 2 aliphatic heterocycles. The first-order valence-corrected chi connectivity index (χ1v) is 6.98. The van der Waals surface area contributed by atoms with Gasteiger partial charge in [0.2, 0.25) is 0 Å². The third-order valence-electron chi connectivity index (χ3n) is 4.22. The van der Waals surface area contributed by atoms with Crippen LogP contribution in [0, 0.1) is 5.92 Å². The van der Waals surface area contributed by atoms with Crippen molar-refractivity contribution in [1.82, 2.24) is 9.80 Å². The molecule has 0 spiro atoms. The molecule has 7 nitrogen and oxygen atoms in total. The number of amides is 2. The largest absolute Gasteiger partial charge is 0.480 e. The number of nitrogens with zero attached hydrogens (tertiary/aromatic N) is 2. The van der Waals surface area contributed by atoms with Crippen LogP contribution in [-0.4, -0.2) is 77.5 Å². The normalized spacial score (nSPS) is 30.0. The molecule has 2 heterocycles. The van der Waals surface area contributed by atoms with Crippen molar-refractivity contribution in [2.24, 2.45) is 5.92 Å². The molecular formula is C13H22N2O5. The molecule has 0 aromatic carbocycles. The number of hydrogen-bond acceptors (Lipinski definition) is 4. The smallest absolute Gasteiger partial charge is 0.326 e. The lowest BCUT2D eigenvalue weighted by atomic mass is 10.1. The zero-order valence-corrected chi connectivity index (χ0v) is 11.7. The number of urea groups is 1. The summed E-state index contributed by atoms with van der Waals surface area (Å²) in [6, 6.07) is -1.03. The quantitative estimate of drug-likeness (QED) is 0.758. The number of carbonyl (C=O) groups excluding carboxylic acids is 1. The second-order valence-corrected chi connectivity index (χ2v) is 5.50. The van der Waals surface area contributed by atoms with E-state index in [0.29, 0.717) is 38.4 Å². The molecule has 2 rings (SSSR count). The first-order valence-electron chi connectivity index (χ1n) is 6.98. The highest BCUT2D eigenvalue weighted by molar-refractivity contribution is 5.83. The molecule has 20 heavy (non-hydrogen) atoms. The van der Waals surface area contributed by atoms with Crippen LogP contribution < -0.4 is 0 Å². The zero-order chi connectivity index (χ0) is 14.7. The van der Waals surface area contributed by atoms with Crippen molar-refractivity contribution in [3.8, 4) is 0 Å². The molecule has 2 aliphatic rings. The first-order chi connectivity index (χ1) is 9.56. The van der Waals surface area contributed by atoms with Crippen LogP contribution in [0.4, 0.5) is 4.79 Å². The number of aliphatic hydroxyl groups excluding tert-OH is 1. The first kappa shape index (κ1) is 15.1. The maximum Gasteiger partial charge on any atom is 0.326 e. The van der Waals surface area contributed by atoms with Gasteiger partial charge in [0, 0.05) is 39.8 Å². The minimum atomic E-state index is -0.982. The number of rotatable bonds is 4. The highest BCUT2D eigenvalue weighted by Gasteiger charge is 2.42. The van der Waals surface area contributed by atoms with Crippen LogP contribution in [0.2, 0.25) is 0 Å². The molecule has 2 amide bonds. The Morgan fingerprint density at radius 1 is 1.35 bits per heavy atom. The zero-order valence-electron chi connectivity index (χ0n) is 11.7. The third kappa shape index (κ3) is 3.04. The number of aliphatic carboxylic acids is 1. The molecule has 0 radical (unpaired) electrons. The second kappa shape index (κ2) is 6.41. The standard InChI is InChI=1S/C13H22N2O5/c1-20-10-6-11(12(17)18)15(8-10)13(19)14-4-2-9(7-14)3-5-16/h9-11,16H,2-8H2,1H3,(H,17,18). The molecule has 3 unspecified atom stereocenters. The highest BCUT2D eigenvalue weighted by Crippen LogP contribution is 2.25. The number of ether oxygens (including phenoxy) is 1. The van der Waals surface area contributed by atoms with E-state index in [4.69, 9.17) is 9.84 Å². The summed E-state index contributed by atoms with van der Waals surface area (Å²) in [7, 11) is 1.53. The molecule has 0 aromatic heterocycles. The van der Waals surface area contributed by atoms with E-state index in [1.54, 1.807) is 4.90 Å². The van der Waals surface area contributed by atoms with Gasteiger partial charge in [-0.05, 0) is 18.8 Å². The summed E-state index contributed by atoms with van der Waals surface area (Å²) in [4.78, 5) is 26.8. The molecule has 2 fully saturated rings. The summed E-state index contributed by atoms with van der Waals surface area (Å²) in [6.07, 6.45) is 1.68. The lowest BCUT2D eigenvalue weighted by molar-refractivity contribution is -0.141. The van der Waals surface area contributed by atoms with Crippen LogP contribution in [0.1, 0.15) is 19.3 Å². The minimum Gasteiger partial charge on any atom is -0.480 e. The van der Waals surface area contributed by atoms with E-state index in [2.05, 4.69) is 0 Å². The van der Waals surface area contributed by atoms with Crippen molar-refractivity contribution in [2.45, 2.75) is 31.4 Å². The molecule has 0 aliphatic carbocycles. The lowest BCUT2D eigenvalue weighted by Gasteiger charge is -2.27. The molecule has 3 atom stereocenters. The van der Waals surface area contributed by atoms with Crippen LogP contribution in [0.15, 0.2) is 0 Å². The van der Waals surface area contributed by atoms with E-state index in [9.17, 15) is 14.7 Å². The molecule has 2 saturated heterocycles. The summed E-state index contributed by atoms with van der Waals surface area (Å²) in [5, 5.41) is 18.2. The molecule has 7 heteroatoms. The van der Waals surface area contributed by atoms with Gasteiger partial charge in [-0.1, -0.05) is 0 Å². The van der Waals surface area contributed by atoms with Gasteiger partial charge < -0.3 is 24.7 Å².